The van der Waals surface area contributed by atoms with Crippen molar-refractivity contribution in [1.29, 1.82) is 0 Å². The molecule has 21 heavy (non-hydrogen) atoms. The van der Waals surface area contributed by atoms with Crippen molar-refractivity contribution in [3.05, 3.63) is 28.8 Å². The van der Waals surface area contributed by atoms with Gasteiger partial charge >= 0.3 is 0 Å². The van der Waals surface area contributed by atoms with E-state index in [1.54, 1.807) is 6.07 Å². The Bertz CT molecular complexity index is 461. The fourth-order valence-electron chi connectivity index (χ4n) is 2.40. The molecule has 1 fully saturated rings. The zero-order valence-corrected chi connectivity index (χ0v) is 13.4. The summed E-state index contributed by atoms with van der Waals surface area (Å²) in [5.74, 6) is 0.725. The molecule has 2 N–H and O–H groups in total. The molecule has 0 saturated carbocycles. The van der Waals surface area contributed by atoms with E-state index in [9.17, 15) is 5.11 Å². The predicted octanol–water partition coefficient (Wildman–Crippen LogP) is 2.55. The van der Waals surface area contributed by atoms with Gasteiger partial charge < -0.3 is 19.9 Å². The lowest BCUT2D eigenvalue weighted by Gasteiger charge is -2.35. The lowest BCUT2D eigenvalue weighted by molar-refractivity contribution is 0.0184. The van der Waals surface area contributed by atoms with Crippen LogP contribution in [-0.4, -0.2) is 43.1 Å². The quantitative estimate of drug-likeness (QED) is 0.847. The Labute approximate surface area is 131 Å². The summed E-state index contributed by atoms with van der Waals surface area (Å²) in [4.78, 5) is 0. The van der Waals surface area contributed by atoms with Crippen molar-refractivity contribution in [1.82, 2.24) is 5.32 Å². The van der Waals surface area contributed by atoms with Crippen molar-refractivity contribution < 1.29 is 14.6 Å². The number of hydrogen-bond acceptors (Lipinski definition) is 4. The van der Waals surface area contributed by atoms with Gasteiger partial charge in [-0.05, 0) is 50.5 Å². The van der Waals surface area contributed by atoms with Crippen LogP contribution in [0.15, 0.2) is 18.2 Å². The average Bonchev–Trinajstić information content (AvgIpc) is 2.47. The first-order valence-corrected chi connectivity index (χ1v) is 7.76. The first-order chi connectivity index (χ1) is 9.98. The van der Waals surface area contributed by atoms with Crippen molar-refractivity contribution in [2.45, 2.75) is 38.3 Å². The zero-order valence-electron chi connectivity index (χ0n) is 12.7. The van der Waals surface area contributed by atoms with Crippen LogP contribution < -0.4 is 10.1 Å². The van der Waals surface area contributed by atoms with E-state index < -0.39 is 6.10 Å². The smallest absolute Gasteiger partial charge is 0.119 e. The molecule has 1 aromatic carbocycles. The van der Waals surface area contributed by atoms with Crippen molar-refractivity contribution in [2.24, 2.45) is 0 Å². The molecule has 2 atom stereocenters. The van der Waals surface area contributed by atoms with Crippen LogP contribution in [0.2, 0.25) is 5.02 Å². The molecule has 1 aliphatic heterocycles. The van der Waals surface area contributed by atoms with Gasteiger partial charge in [-0.3, -0.25) is 0 Å². The lowest BCUT2D eigenvalue weighted by atomic mass is 9.95. The first-order valence-electron chi connectivity index (χ1n) is 7.38. The summed E-state index contributed by atoms with van der Waals surface area (Å²) < 4.78 is 11.1. The summed E-state index contributed by atoms with van der Waals surface area (Å²) in [6, 6.07) is 5.49. The fraction of sp³-hybridized carbons (Fsp3) is 0.625. The van der Waals surface area contributed by atoms with Gasteiger partial charge in [0.25, 0.3) is 0 Å². The minimum Gasteiger partial charge on any atom is -0.491 e. The molecule has 1 heterocycles. The molecule has 118 valence electrons. The fourth-order valence-corrected chi connectivity index (χ4v) is 2.51. The maximum Gasteiger partial charge on any atom is 0.119 e. The molecule has 2 unspecified atom stereocenters. The van der Waals surface area contributed by atoms with Gasteiger partial charge in [-0.25, -0.2) is 0 Å². The van der Waals surface area contributed by atoms with Gasteiger partial charge in [0.2, 0.25) is 0 Å². The summed E-state index contributed by atoms with van der Waals surface area (Å²) in [6.45, 7) is 6.33. The number of rotatable bonds is 6. The van der Waals surface area contributed by atoms with Gasteiger partial charge in [-0.1, -0.05) is 11.6 Å². The second-order valence-electron chi connectivity index (χ2n) is 5.97. The Morgan fingerprint density at radius 3 is 3.00 bits per heavy atom. The lowest BCUT2D eigenvalue weighted by Crippen LogP contribution is -2.51. The van der Waals surface area contributed by atoms with Gasteiger partial charge in [0.05, 0.1) is 6.61 Å². The highest BCUT2D eigenvalue weighted by atomic mass is 35.5. The molecular weight excluding hydrogens is 290 g/mol. The Hall–Kier alpha value is -0.810. The molecule has 4 nitrogen and oxygen atoms in total. The Kier molecular flexibility index (Phi) is 5.88. The van der Waals surface area contributed by atoms with Crippen LogP contribution in [0, 0.1) is 6.92 Å². The summed E-state index contributed by atoms with van der Waals surface area (Å²) in [7, 11) is 0. The van der Waals surface area contributed by atoms with Gasteiger partial charge in [0.15, 0.2) is 0 Å². The third kappa shape index (κ3) is 5.15. The third-order valence-corrected chi connectivity index (χ3v) is 4.20. The summed E-state index contributed by atoms with van der Waals surface area (Å²) >= 11 is 5.97. The van der Waals surface area contributed by atoms with Crippen LogP contribution >= 0.6 is 11.6 Å². The molecule has 0 aromatic heterocycles. The number of aryl methyl sites for hydroxylation is 1. The molecule has 2 rings (SSSR count). The van der Waals surface area contributed by atoms with Crippen LogP contribution in [0.1, 0.15) is 25.3 Å². The van der Waals surface area contributed by atoms with Crippen molar-refractivity contribution >= 4 is 11.6 Å². The summed E-state index contributed by atoms with van der Waals surface area (Å²) in [5.41, 5.74) is 0.921. The maximum absolute atomic E-state index is 10.0. The molecular formula is C16H24ClNO3. The number of benzene rings is 1. The highest BCUT2D eigenvalue weighted by Crippen LogP contribution is 2.21. The largest absolute Gasteiger partial charge is 0.491 e. The number of ether oxygens (including phenoxy) is 2. The number of aliphatic hydroxyl groups is 1. The maximum atomic E-state index is 10.0. The SMILES string of the molecule is Cc1cc(OCC(O)CNC2(C)CCCOC2)ccc1Cl. The molecule has 1 saturated heterocycles. The molecule has 0 radical (unpaired) electrons. The molecule has 0 amide bonds. The van der Waals surface area contributed by atoms with E-state index in [0.29, 0.717) is 13.2 Å². The van der Waals surface area contributed by atoms with E-state index in [2.05, 4.69) is 12.2 Å². The van der Waals surface area contributed by atoms with E-state index in [0.717, 1.165) is 35.8 Å². The molecule has 5 heteroatoms. The van der Waals surface area contributed by atoms with E-state index >= 15 is 0 Å². The third-order valence-electron chi connectivity index (χ3n) is 3.77. The number of nitrogens with one attached hydrogen (secondary N) is 1. The predicted molar refractivity (Wildman–Crippen MR) is 84.2 cm³/mol. The van der Waals surface area contributed by atoms with Gasteiger partial charge in [-0.2, -0.15) is 0 Å². The summed E-state index contributed by atoms with van der Waals surface area (Å²) in [6.07, 6.45) is 1.57. The summed E-state index contributed by atoms with van der Waals surface area (Å²) in [5, 5.41) is 14.1. The van der Waals surface area contributed by atoms with E-state index in [4.69, 9.17) is 21.1 Å². The van der Waals surface area contributed by atoms with E-state index in [1.807, 2.05) is 19.1 Å². The van der Waals surface area contributed by atoms with Crippen LogP contribution in [0.25, 0.3) is 0 Å². The van der Waals surface area contributed by atoms with Crippen LogP contribution in [0.5, 0.6) is 5.75 Å². The van der Waals surface area contributed by atoms with Crippen molar-refractivity contribution in [3.63, 3.8) is 0 Å². The van der Waals surface area contributed by atoms with Gasteiger partial charge in [0.1, 0.15) is 18.5 Å². The second kappa shape index (κ2) is 7.45. The second-order valence-corrected chi connectivity index (χ2v) is 6.38. The minimum atomic E-state index is -0.556. The van der Waals surface area contributed by atoms with E-state index in [1.165, 1.54) is 0 Å². The highest BCUT2D eigenvalue weighted by Gasteiger charge is 2.27. The molecule has 0 bridgehead atoms. The topological polar surface area (TPSA) is 50.7 Å². The standard InChI is InChI=1S/C16H24ClNO3/c1-12-8-14(4-5-15(12)17)21-10-13(19)9-18-16(2)6-3-7-20-11-16/h4-5,8,13,18-19H,3,6-7,9-11H2,1-2H3. The Morgan fingerprint density at radius 1 is 1.52 bits per heavy atom. The van der Waals surface area contributed by atoms with Crippen molar-refractivity contribution in [3.8, 4) is 5.75 Å². The average molecular weight is 314 g/mol. The number of aliphatic hydroxyl groups excluding tert-OH is 1. The van der Waals surface area contributed by atoms with Crippen molar-refractivity contribution in [2.75, 3.05) is 26.4 Å². The van der Waals surface area contributed by atoms with Crippen LogP contribution in [0.3, 0.4) is 0 Å². The zero-order chi connectivity index (χ0) is 15.3. The number of hydrogen-bond donors (Lipinski definition) is 2. The number of β-amino-alcohol motifs (C(OH)–C–C–N with tert-alkyl or cyclic N) is 1. The van der Waals surface area contributed by atoms with Crippen LogP contribution in [0.4, 0.5) is 0 Å². The van der Waals surface area contributed by atoms with Crippen LogP contribution in [-0.2, 0) is 4.74 Å². The molecule has 0 spiro atoms. The first kappa shape index (κ1) is 16.6. The van der Waals surface area contributed by atoms with Gasteiger partial charge in [-0.15, -0.1) is 0 Å². The minimum absolute atomic E-state index is 0.0455. The number of halogens is 1. The highest BCUT2D eigenvalue weighted by molar-refractivity contribution is 6.31. The van der Waals surface area contributed by atoms with Gasteiger partial charge in [0, 0.05) is 23.7 Å². The van der Waals surface area contributed by atoms with E-state index in [-0.39, 0.29) is 12.1 Å². The Balaban J connectivity index is 1.74. The molecule has 1 aliphatic rings. The monoisotopic (exact) mass is 313 g/mol. The normalized spacial score (nSPS) is 23.8. The molecule has 1 aromatic rings. The Morgan fingerprint density at radius 2 is 2.33 bits per heavy atom. The molecule has 0 aliphatic carbocycles.